The fourth-order valence-corrected chi connectivity index (χ4v) is 1.89. The summed E-state index contributed by atoms with van der Waals surface area (Å²) in [4.78, 5) is 11.0. The van der Waals surface area contributed by atoms with E-state index in [1.54, 1.807) is 18.7 Å². The van der Waals surface area contributed by atoms with Crippen LogP contribution in [0.5, 0.6) is 0 Å². The molecular formula is C9H18N6O2S. The molecule has 3 N–H and O–H groups in total. The van der Waals surface area contributed by atoms with E-state index in [1.807, 2.05) is 0 Å². The predicted molar refractivity (Wildman–Crippen MR) is 67.1 cm³/mol. The van der Waals surface area contributed by atoms with E-state index in [9.17, 15) is 4.79 Å². The number of nitrogens with one attached hydrogen (secondary N) is 1. The molecule has 0 radical (unpaired) electrons. The third-order valence-electron chi connectivity index (χ3n) is 2.17. The van der Waals surface area contributed by atoms with Gasteiger partial charge >= 0.3 is 0 Å². The first-order valence-electron chi connectivity index (χ1n) is 5.57. The molecule has 1 amide bonds. The number of hydrogen-bond acceptors (Lipinski definition) is 7. The van der Waals surface area contributed by atoms with Crippen LogP contribution in [0.2, 0.25) is 0 Å². The van der Waals surface area contributed by atoms with Crippen molar-refractivity contribution in [3.8, 4) is 0 Å². The normalized spacial score (nSPS) is 12.6. The summed E-state index contributed by atoms with van der Waals surface area (Å²) in [7, 11) is 1.66. The second kappa shape index (κ2) is 8.01. The molecule has 0 spiro atoms. The monoisotopic (exact) mass is 274 g/mol. The Balaban J connectivity index is 2.37. The standard InChI is InChI=1S/C9H18N6O2S/c1-7(8(10)16)18-9-12-13-14-15(9)5-3-11-4-6-17-2/h7,11H,3-6H2,1-2H3,(H2,10,16). The number of hydrogen-bond donors (Lipinski definition) is 2. The van der Waals surface area contributed by atoms with Gasteiger partial charge in [-0.15, -0.1) is 5.10 Å². The van der Waals surface area contributed by atoms with E-state index in [2.05, 4.69) is 20.8 Å². The molecule has 0 aliphatic heterocycles. The zero-order valence-corrected chi connectivity index (χ0v) is 11.3. The van der Waals surface area contributed by atoms with Crippen molar-refractivity contribution in [1.82, 2.24) is 25.5 Å². The van der Waals surface area contributed by atoms with Gasteiger partial charge in [-0.25, -0.2) is 4.68 Å². The third-order valence-corrected chi connectivity index (χ3v) is 3.25. The summed E-state index contributed by atoms with van der Waals surface area (Å²) in [5, 5.41) is 14.7. The molecule has 1 rings (SSSR count). The molecule has 102 valence electrons. The molecule has 9 heteroatoms. The first-order valence-corrected chi connectivity index (χ1v) is 6.45. The number of thioether (sulfide) groups is 1. The maximum Gasteiger partial charge on any atom is 0.230 e. The summed E-state index contributed by atoms with van der Waals surface area (Å²) in [5.74, 6) is -0.382. The number of ether oxygens (including phenoxy) is 1. The minimum atomic E-state index is -0.382. The van der Waals surface area contributed by atoms with E-state index in [4.69, 9.17) is 10.5 Å². The molecule has 1 aromatic heterocycles. The van der Waals surface area contributed by atoms with Gasteiger partial charge in [0.15, 0.2) is 0 Å². The molecule has 18 heavy (non-hydrogen) atoms. The first-order chi connectivity index (χ1) is 8.65. The average molecular weight is 274 g/mol. The van der Waals surface area contributed by atoms with Crippen molar-refractivity contribution in [2.45, 2.75) is 23.9 Å². The lowest BCUT2D eigenvalue weighted by atomic mass is 10.5. The Labute approximate surface area is 110 Å². The highest BCUT2D eigenvalue weighted by molar-refractivity contribution is 8.00. The van der Waals surface area contributed by atoms with Crippen LogP contribution in [-0.4, -0.2) is 58.2 Å². The number of nitrogens with two attached hydrogens (primary N) is 1. The van der Waals surface area contributed by atoms with Gasteiger partial charge in [0, 0.05) is 20.2 Å². The van der Waals surface area contributed by atoms with Gasteiger partial charge in [0.05, 0.1) is 18.4 Å². The van der Waals surface area contributed by atoms with Crippen LogP contribution in [0.3, 0.4) is 0 Å². The highest BCUT2D eigenvalue weighted by Crippen LogP contribution is 2.19. The molecule has 0 aromatic carbocycles. The van der Waals surface area contributed by atoms with E-state index >= 15 is 0 Å². The van der Waals surface area contributed by atoms with Crippen LogP contribution in [0.15, 0.2) is 5.16 Å². The van der Waals surface area contributed by atoms with Crippen LogP contribution >= 0.6 is 11.8 Å². The minimum absolute atomic E-state index is 0.351. The van der Waals surface area contributed by atoms with Crippen LogP contribution in [0, 0.1) is 0 Å². The lowest BCUT2D eigenvalue weighted by Gasteiger charge is -2.08. The highest BCUT2D eigenvalue weighted by atomic mass is 32.2. The molecule has 0 saturated carbocycles. The van der Waals surface area contributed by atoms with Gasteiger partial charge in [0.25, 0.3) is 0 Å². The number of nitrogens with zero attached hydrogens (tertiary/aromatic N) is 4. The fraction of sp³-hybridized carbons (Fsp3) is 0.778. The maximum absolute atomic E-state index is 11.0. The van der Waals surface area contributed by atoms with E-state index in [0.29, 0.717) is 18.3 Å². The second-order valence-corrected chi connectivity index (χ2v) is 4.90. The number of carbonyl (C=O) groups is 1. The van der Waals surface area contributed by atoms with Gasteiger partial charge in [-0.3, -0.25) is 4.79 Å². The fourth-order valence-electron chi connectivity index (χ4n) is 1.12. The van der Waals surface area contributed by atoms with E-state index in [1.165, 1.54) is 11.8 Å². The van der Waals surface area contributed by atoms with Gasteiger partial charge in [-0.2, -0.15) is 0 Å². The van der Waals surface area contributed by atoms with E-state index < -0.39 is 0 Å². The van der Waals surface area contributed by atoms with Crippen LogP contribution in [-0.2, 0) is 16.1 Å². The largest absolute Gasteiger partial charge is 0.383 e. The minimum Gasteiger partial charge on any atom is -0.383 e. The summed E-state index contributed by atoms with van der Waals surface area (Å²) in [6.45, 7) is 4.52. The molecule has 0 saturated heterocycles. The first kappa shape index (κ1) is 14.9. The van der Waals surface area contributed by atoms with Crippen molar-refractivity contribution < 1.29 is 9.53 Å². The molecule has 0 fully saturated rings. The lowest BCUT2D eigenvalue weighted by molar-refractivity contribution is -0.117. The SMILES string of the molecule is COCCNCCn1nnnc1SC(C)C(N)=O. The lowest BCUT2D eigenvalue weighted by Crippen LogP contribution is -2.25. The maximum atomic E-state index is 11.0. The number of primary amides is 1. The number of tetrazole rings is 1. The van der Waals surface area contributed by atoms with Crippen LogP contribution < -0.4 is 11.1 Å². The summed E-state index contributed by atoms with van der Waals surface area (Å²) in [6.07, 6.45) is 0. The Kier molecular flexibility index (Phi) is 6.61. The second-order valence-electron chi connectivity index (χ2n) is 3.59. The molecule has 8 nitrogen and oxygen atoms in total. The summed E-state index contributed by atoms with van der Waals surface area (Å²) in [6, 6.07) is 0. The van der Waals surface area contributed by atoms with Gasteiger partial charge in [0.1, 0.15) is 0 Å². The predicted octanol–water partition coefficient (Wildman–Crippen LogP) is -1.12. The summed E-state index contributed by atoms with van der Waals surface area (Å²) >= 11 is 1.25. The summed E-state index contributed by atoms with van der Waals surface area (Å²) < 4.78 is 6.56. The molecule has 1 heterocycles. The highest BCUT2D eigenvalue weighted by Gasteiger charge is 2.15. The van der Waals surface area contributed by atoms with Crippen molar-refractivity contribution in [2.24, 2.45) is 5.73 Å². The Hall–Kier alpha value is -1.19. The smallest absolute Gasteiger partial charge is 0.230 e. The zero-order valence-electron chi connectivity index (χ0n) is 10.5. The van der Waals surface area contributed by atoms with Crippen molar-refractivity contribution in [3.05, 3.63) is 0 Å². The number of amides is 1. The molecule has 1 aromatic rings. The molecule has 0 bridgehead atoms. The quantitative estimate of drug-likeness (QED) is 0.433. The van der Waals surface area contributed by atoms with E-state index in [0.717, 1.165) is 13.1 Å². The Bertz CT molecular complexity index is 372. The van der Waals surface area contributed by atoms with Crippen LogP contribution in [0.4, 0.5) is 0 Å². The summed E-state index contributed by atoms with van der Waals surface area (Å²) in [5.41, 5.74) is 5.19. The van der Waals surface area contributed by atoms with Crippen molar-refractivity contribution in [2.75, 3.05) is 26.8 Å². The van der Waals surface area contributed by atoms with Gasteiger partial charge < -0.3 is 15.8 Å². The molecule has 1 atom stereocenters. The number of methoxy groups -OCH3 is 1. The molecule has 1 unspecified atom stereocenters. The third kappa shape index (κ3) is 4.98. The Morgan fingerprint density at radius 3 is 3.06 bits per heavy atom. The number of rotatable bonds is 9. The Morgan fingerprint density at radius 2 is 2.39 bits per heavy atom. The topological polar surface area (TPSA) is 108 Å². The van der Waals surface area contributed by atoms with Crippen LogP contribution in [0.1, 0.15) is 6.92 Å². The molecule has 0 aliphatic rings. The van der Waals surface area contributed by atoms with E-state index in [-0.39, 0.29) is 11.2 Å². The van der Waals surface area contributed by atoms with Crippen LogP contribution in [0.25, 0.3) is 0 Å². The number of carbonyl (C=O) groups excluding carboxylic acids is 1. The van der Waals surface area contributed by atoms with Crippen molar-refractivity contribution in [3.63, 3.8) is 0 Å². The molecular weight excluding hydrogens is 256 g/mol. The average Bonchev–Trinajstić information content (AvgIpc) is 2.76. The molecule has 0 aliphatic carbocycles. The zero-order chi connectivity index (χ0) is 13.4. The van der Waals surface area contributed by atoms with Crippen molar-refractivity contribution in [1.29, 1.82) is 0 Å². The van der Waals surface area contributed by atoms with Gasteiger partial charge in [-0.05, 0) is 17.4 Å². The van der Waals surface area contributed by atoms with Crippen molar-refractivity contribution >= 4 is 17.7 Å². The van der Waals surface area contributed by atoms with Gasteiger partial charge in [0.2, 0.25) is 11.1 Å². The number of aromatic nitrogens is 4. The van der Waals surface area contributed by atoms with Gasteiger partial charge in [-0.1, -0.05) is 11.8 Å². The Morgan fingerprint density at radius 1 is 1.61 bits per heavy atom.